The van der Waals surface area contributed by atoms with E-state index in [0.29, 0.717) is 0 Å². The SMILES string of the molecule is COc1cc(C(F)F)c(S(=O)(=O)Cl)c(I)n1. The fraction of sp³-hybridized carbons (Fsp3) is 0.286. The third kappa shape index (κ3) is 2.92. The zero-order valence-electron chi connectivity index (χ0n) is 7.75. The van der Waals surface area contributed by atoms with Crippen molar-refractivity contribution in [2.75, 3.05) is 7.11 Å². The average Bonchev–Trinajstić information content (AvgIpc) is 2.14. The van der Waals surface area contributed by atoms with Crippen LogP contribution in [0, 0.1) is 3.70 Å². The van der Waals surface area contributed by atoms with Crippen molar-refractivity contribution in [1.82, 2.24) is 4.98 Å². The highest BCUT2D eigenvalue weighted by Crippen LogP contribution is 2.33. The lowest BCUT2D eigenvalue weighted by atomic mass is 10.3. The molecule has 4 nitrogen and oxygen atoms in total. The highest BCUT2D eigenvalue weighted by atomic mass is 127. The third-order valence-corrected chi connectivity index (χ3v) is 4.15. The smallest absolute Gasteiger partial charge is 0.265 e. The molecule has 0 aromatic carbocycles. The number of nitrogens with zero attached hydrogens (tertiary/aromatic N) is 1. The Morgan fingerprint density at radius 2 is 2.12 bits per heavy atom. The zero-order chi connectivity index (χ0) is 12.5. The molecule has 0 aliphatic carbocycles. The number of hydrogen-bond acceptors (Lipinski definition) is 4. The molecule has 0 amide bonds. The largest absolute Gasteiger partial charge is 0.481 e. The Labute approximate surface area is 109 Å². The second-order valence-corrected chi connectivity index (χ2v) is 6.14. The van der Waals surface area contributed by atoms with Gasteiger partial charge in [0.15, 0.2) is 0 Å². The first-order valence-corrected chi connectivity index (χ1v) is 7.13. The number of halogens is 4. The summed E-state index contributed by atoms with van der Waals surface area (Å²) in [4.78, 5) is 2.99. The van der Waals surface area contributed by atoms with Crippen LogP contribution in [-0.2, 0) is 9.05 Å². The molecule has 0 aliphatic rings. The maximum atomic E-state index is 12.6. The minimum absolute atomic E-state index is 0.0937. The topological polar surface area (TPSA) is 56.3 Å². The van der Waals surface area contributed by atoms with E-state index in [4.69, 9.17) is 10.7 Å². The molecule has 9 heteroatoms. The number of hydrogen-bond donors (Lipinski definition) is 0. The highest BCUT2D eigenvalue weighted by Gasteiger charge is 2.27. The molecular formula is C7H5ClF2INO3S. The normalized spacial score (nSPS) is 11.9. The zero-order valence-corrected chi connectivity index (χ0v) is 11.5. The molecule has 0 fully saturated rings. The quantitative estimate of drug-likeness (QED) is 0.457. The van der Waals surface area contributed by atoms with E-state index in [1.54, 1.807) is 0 Å². The van der Waals surface area contributed by atoms with Gasteiger partial charge in [-0.15, -0.1) is 0 Å². The summed E-state index contributed by atoms with van der Waals surface area (Å²) in [5.41, 5.74) is -0.716. The summed E-state index contributed by atoms with van der Waals surface area (Å²) in [6.45, 7) is 0. The van der Waals surface area contributed by atoms with Crippen LogP contribution in [0.3, 0.4) is 0 Å². The van der Waals surface area contributed by atoms with Crippen molar-refractivity contribution < 1.29 is 21.9 Å². The predicted octanol–water partition coefficient (Wildman–Crippen LogP) is 2.56. The number of aromatic nitrogens is 1. The van der Waals surface area contributed by atoms with Gasteiger partial charge in [-0.1, -0.05) is 0 Å². The summed E-state index contributed by atoms with van der Waals surface area (Å²) >= 11 is 1.51. The molecule has 1 aromatic heterocycles. The van der Waals surface area contributed by atoms with E-state index in [2.05, 4.69) is 9.72 Å². The van der Waals surface area contributed by atoms with Crippen LogP contribution in [0.5, 0.6) is 5.88 Å². The van der Waals surface area contributed by atoms with Gasteiger partial charge in [0, 0.05) is 22.3 Å². The fourth-order valence-corrected chi connectivity index (χ4v) is 3.98. The Hall–Kier alpha value is -0.220. The number of alkyl halides is 2. The Kier molecular flexibility index (Phi) is 4.29. The summed E-state index contributed by atoms with van der Waals surface area (Å²) in [6.07, 6.45) is -2.98. The van der Waals surface area contributed by atoms with Crippen LogP contribution in [0.2, 0.25) is 0 Å². The van der Waals surface area contributed by atoms with E-state index in [1.807, 2.05) is 0 Å². The van der Waals surface area contributed by atoms with Crippen LogP contribution in [0.1, 0.15) is 12.0 Å². The van der Waals surface area contributed by atoms with Gasteiger partial charge in [0.05, 0.1) is 7.11 Å². The summed E-state index contributed by atoms with van der Waals surface area (Å²) < 4.78 is 52.1. The van der Waals surface area contributed by atoms with E-state index < -0.39 is 25.9 Å². The lowest BCUT2D eigenvalue weighted by Gasteiger charge is -2.09. The van der Waals surface area contributed by atoms with Gasteiger partial charge in [-0.3, -0.25) is 0 Å². The lowest BCUT2D eigenvalue weighted by Crippen LogP contribution is -2.05. The van der Waals surface area contributed by atoms with Crippen LogP contribution in [0.25, 0.3) is 0 Å². The molecular weight excluding hydrogens is 379 g/mol. The number of methoxy groups -OCH3 is 1. The third-order valence-electron chi connectivity index (χ3n) is 1.62. The number of ether oxygens (including phenoxy) is 1. The van der Waals surface area contributed by atoms with Crippen molar-refractivity contribution in [3.05, 3.63) is 15.3 Å². The Morgan fingerprint density at radius 3 is 2.50 bits per heavy atom. The average molecular weight is 384 g/mol. The maximum Gasteiger partial charge on any atom is 0.265 e. The molecule has 0 spiro atoms. The van der Waals surface area contributed by atoms with E-state index in [9.17, 15) is 17.2 Å². The van der Waals surface area contributed by atoms with Crippen molar-refractivity contribution >= 4 is 42.3 Å². The van der Waals surface area contributed by atoms with E-state index in [1.165, 1.54) is 29.7 Å². The van der Waals surface area contributed by atoms with Crippen molar-refractivity contribution in [3.63, 3.8) is 0 Å². The summed E-state index contributed by atoms with van der Waals surface area (Å²) in [7, 11) is 2.03. The molecule has 0 radical (unpaired) electrons. The van der Waals surface area contributed by atoms with Gasteiger partial charge in [0.2, 0.25) is 5.88 Å². The van der Waals surface area contributed by atoms with Gasteiger partial charge in [-0.25, -0.2) is 22.2 Å². The number of pyridine rings is 1. The van der Waals surface area contributed by atoms with Gasteiger partial charge < -0.3 is 4.74 Å². The fourth-order valence-electron chi connectivity index (χ4n) is 1.01. The van der Waals surface area contributed by atoms with Gasteiger partial charge in [0.1, 0.15) is 8.60 Å². The Balaban J connectivity index is 3.59. The van der Waals surface area contributed by atoms with Crippen LogP contribution in [0.15, 0.2) is 11.0 Å². The lowest BCUT2D eigenvalue weighted by molar-refractivity contribution is 0.147. The molecule has 16 heavy (non-hydrogen) atoms. The van der Waals surface area contributed by atoms with Crippen molar-refractivity contribution in [3.8, 4) is 5.88 Å². The maximum absolute atomic E-state index is 12.6. The van der Waals surface area contributed by atoms with Gasteiger partial charge in [0.25, 0.3) is 15.5 Å². The molecule has 0 unspecified atom stereocenters. The standard InChI is InChI=1S/C7H5ClF2INO3S/c1-15-4-2-3(6(9)10)5(7(11)12-4)16(8,13)14/h2,6H,1H3. The molecule has 90 valence electrons. The Bertz CT molecular complexity index is 509. The second-order valence-electron chi connectivity index (χ2n) is 2.61. The van der Waals surface area contributed by atoms with Gasteiger partial charge in [-0.2, -0.15) is 0 Å². The highest BCUT2D eigenvalue weighted by molar-refractivity contribution is 14.1. The molecule has 1 rings (SSSR count). The molecule has 0 aliphatic heterocycles. The molecule has 0 N–H and O–H groups in total. The molecule has 0 saturated carbocycles. The van der Waals surface area contributed by atoms with E-state index >= 15 is 0 Å². The molecule has 1 aromatic rings. The summed E-state index contributed by atoms with van der Waals surface area (Å²) in [5.74, 6) is -0.0937. The van der Waals surface area contributed by atoms with Crippen molar-refractivity contribution in [2.24, 2.45) is 0 Å². The van der Waals surface area contributed by atoms with E-state index in [-0.39, 0.29) is 9.58 Å². The molecule has 0 bridgehead atoms. The van der Waals surface area contributed by atoms with Crippen LogP contribution < -0.4 is 4.74 Å². The first-order chi connectivity index (χ1) is 7.27. The van der Waals surface area contributed by atoms with E-state index in [0.717, 1.165) is 6.07 Å². The van der Waals surface area contributed by atoms with Crippen molar-refractivity contribution in [2.45, 2.75) is 11.3 Å². The Morgan fingerprint density at radius 1 is 1.56 bits per heavy atom. The predicted molar refractivity (Wildman–Crippen MR) is 61.5 cm³/mol. The summed E-state index contributed by atoms with van der Waals surface area (Å²) in [6, 6.07) is 0.849. The minimum atomic E-state index is -4.27. The monoisotopic (exact) mass is 383 g/mol. The second kappa shape index (κ2) is 4.96. The van der Waals surface area contributed by atoms with Crippen LogP contribution in [0.4, 0.5) is 8.78 Å². The minimum Gasteiger partial charge on any atom is -0.481 e. The molecule has 1 heterocycles. The number of rotatable bonds is 3. The molecule has 0 saturated heterocycles. The van der Waals surface area contributed by atoms with Crippen LogP contribution >= 0.6 is 33.3 Å². The van der Waals surface area contributed by atoms with Crippen molar-refractivity contribution in [1.29, 1.82) is 0 Å². The van der Waals surface area contributed by atoms with Crippen LogP contribution in [-0.4, -0.2) is 20.5 Å². The van der Waals surface area contributed by atoms with Gasteiger partial charge in [-0.05, 0) is 22.6 Å². The summed E-state index contributed by atoms with van der Waals surface area (Å²) in [5, 5.41) is 0. The van der Waals surface area contributed by atoms with Gasteiger partial charge >= 0.3 is 0 Å². The first kappa shape index (κ1) is 13.8. The molecule has 0 atom stereocenters. The first-order valence-electron chi connectivity index (χ1n) is 3.74.